The molecule has 0 saturated heterocycles. The number of rotatable bonds is 2. The summed E-state index contributed by atoms with van der Waals surface area (Å²) in [7, 11) is 1.97. The number of aryl methyl sites for hydroxylation is 2. The zero-order chi connectivity index (χ0) is 9.26. The average molecular weight is 176 g/mol. The summed E-state index contributed by atoms with van der Waals surface area (Å²) >= 11 is 0. The van der Waals surface area contributed by atoms with Gasteiger partial charge in [0.2, 0.25) is 0 Å². The predicted octanol–water partition coefficient (Wildman–Crippen LogP) is 1.30. The lowest BCUT2D eigenvalue weighted by molar-refractivity contribution is 0.760. The molecule has 0 spiro atoms. The van der Waals surface area contributed by atoms with Gasteiger partial charge in [0.05, 0.1) is 12.5 Å². The van der Waals surface area contributed by atoms with Crippen LogP contribution in [0, 0.1) is 0 Å². The molecule has 2 aromatic rings. The van der Waals surface area contributed by atoms with Gasteiger partial charge in [-0.3, -0.25) is 0 Å². The normalized spacial score (nSPS) is 10.6. The molecule has 0 aliphatic carbocycles. The van der Waals surface area contributed by atoms with E-state index < -0.39 is 0 Å². The second kappa shape index (κ2) is 3.05. The van der Waals surface area contributed by atoms with E-state index in [-0.39, 0.29) is 0 Å². The van der Waals surface area contributed by atoms with E-state index in [4.69, 9.17) is 0 Å². The van der Waals surface area contributed by atoms with E-state index in [0.29, 0.717) is 0 Å². The van der Waals surface area contributed by atoms with E-state index >= 15 is 0 Å². The number of hydrogen-bond acceptors (Lipinski definition) is 2. The van der Waals surface area contributed by atoms with Crippen LogP contribution in [0.3, 0.4) is 0 Å². The number of imidazole rings is 2. The van der Waals surface area contributed by atoms with Gasteiger partial charge in [0, 0.05) is 26.0 Å². The lowest BCUT2D eigenvalue weighted by Crippen LogP contribution is -1.99. The summed E-state index contributed by atoms with van der Waals surface area (Å²) in [5, 5.41) is 0. The summed E-state index contributed by atoms with van der Waals surface area (Å²) in [6.07, 6.45) is 7.40. The summed E-state index contributed by atoms with van der Waals surface area (Å²) in [5.41, 5.74) is 1.05. The SMILES string of the molecule is CCn1ccnc1-c1cncn1C. The van der Waals surface area contributed by atoms with Gasteiger partial charge < -0.3 is 9.13 Å². The van der Waals surface area contributed by atoms with E-state index in [1.54, 1.807) is 6.33 Å². The molecule has 13 heavy (non-hydrogen) atoms. The van der Waals surface area contributed by atoms with Gasteiger partial charge in [0.25, 0.3) is 0 Å². The van der Waals surface area contributed by atoms with Crippen LogP contribution in [0.5, 0.6) is 0 Å². The van der Waals surface area contributed by atoms with Crippen LogP contribution in [-0.2, 0) is 13.6 Å². The lowest BCUT2D eigenvalue weighted by Gasteiger charge is -2.04. The molecule has 4 heteroatoms. The molecule has 68 valence electrons. The van der Waals surface area contributed by atoms with Crippen LogP contribution in [0.4, 0.5) is 0 Å². The maximum Gasteiger partial charge on any atom is 0.158 e. The Morgan fingerprint density at radius 3 is 2.92 bits per heavy atom. The largest absolute Gasteiger partial charge is 0.331 e. The van der Waals surface area contributed by atoms with Gasteiger partial charge in [-0.25, -0.2) is 9.97 Å². The average Bonchev–Trinajstić information content (AvgIpc) is 2.71. The van der Waals surface area contributed by atoms with Gasteiger partial charge in [0.1, 0.15) is 5.69 Å². The van der Waals surface area contributed by atoms with Gasteiger partial charge >= 0.3 is 0 Å². The third-order valence-electron chi connectivity index (χ3n) is 2.10. The van der Waals surface area contributed by atoms with E-state index in [2.05, 4.69) is 21.5 Å². The minimum absolute atomic E-state index is 0.931. The van der Waals surface area contributed by atoms with Crippen LogP contribution in [0.2, 0.25) is 0 Å². The summed E-state index contributed by atoms with van der Waals surface area (Å²) in [5.74, 6) is 0.975. The second-order valence-corrected chi connectivity index (χ2v) is 2.93. The van der Waals surface area contributed by atoms with Crippen molar-refractivity contribution < 1.29 is 0 Å². The fraction of sp³-hybridized carbons (Fsp3) is 0.333. The zero-order valence-corrected chi connectivity index (χ0v) is 7.81. The Kier molecular flexibility index (Phi) is 1.88. The minimum Gasteiger partial charge on any atom is -0.331 e. The van der Waals surface area contributed by atoms with Crippen LogP contribution in [-0.4, -0.2) is 19.1 Å². The van der Waals surface area contributed by atoms with Crippen molar-refractivity contribution in [2.45, 2.75) is 13.5 Å². The molecular formula is C9H12N4. The first-order chi connectivity index (χ1) is 6.33. The molecule has 0 unspecified atom stereocenters. The van der Waals surface area contributed by atoms with Crippen molar-refractivity contribution in [3.8, 4) is 11.5 Å². The fourth-order valence-electron chi connectivity index (χ4n) is 1.37. The maximum atomic E-state index is 4.29. The van der Waals surface area contributed by atoms with E-state index in [1.165, 1.54) is 0 Å². The number of aromatic nitrogens is 4. The van der Waals surface area contributed by atoms with E-state index in [1.807, 2.05) is 30.2 Å². The Labute approximate surface area is 76.9 Å². The van der Waals surface area contributed by atoms with Gasteiger partial charge in [-0.1, -0.05) is 0 Å². The molecule has 0 bridgehead atoms. The van der Waals surface area contributed by atoms with Crippen LogP contribution < -0.4 is 0 Å². The monoisotopic (exact) mass is 176 g/mol. The van der Waals surface area contributed by atoms with Crippen LogP contribution in [0.25, 0.3) is 11.5 Å². The molecule has 0 atom stereocenters. The molecule has 2 heterocycles. The molecule has 0 radical (unpaired) electrons. The highest BCUT2D eigenvalue weighted by Gasteiger charge is 2.07. The van der Waals surface area contributed by atoms with Crippen LogP contribution in [0.1, 0.15) is 6.92 Å². The van der Waals surface area contributed by atoms with Gasteiger partial charge in [0.15, 0.2) is 5.82 Å². The van der Waals surface area contributed by atoms with Crippen LogP contribution in [0.15, 0.2) is 24.9 Å². The van der Waals surface area contributed by atoms with Crippen molar-refractivity contribution in [2.75, 3.05) is 0 Å². The van der Waals surface area contributed by atoms with Gasteiger partial charge in [-0.05, 0) is 6.92 Å². The first kappa shape index (κ1) is 8.04. The summed E-state index contributed by atoms with van der Waals surface area (Å²) in [4.78, 5) is 8.36. The smallest absolute Gasteiger partial charge is 0.158 e. The highest BCUT2D eigenvalue weighted by Crippen LogP contribution is 2.15. The Balaban J connectivity index is 2.52. The van der Waals surface area contributed by atoms with Gasteiger partial charge in [-0.15, -0.1) is 0 Å². The summed E-state index contributed by atoms with van der Waals surface area (Å²) in [6.45, 7) is 3.03. The molecule has 0 saturated carbocycles. The number of hydrogen-bond donors (Lipinski definition) is 0. The molecule has 4 nitrogen and oxygen atoms in total. The molecule has 0 aromatic carbocycles. The highest BCUT2D eigenvalue weighted by molar-refractivity contribution is 5.48. The van der Waals surface area contributed by atoms with Crippen molar-refractivity contribution in [3.63, 3.8) is 0 Å². The molecule has 0 fully saturated rings. The number of nitrogens with zero attached hydrogens (tertiary/aromatic N) is 4. The first-order valence-electron chi connectivity index (χ1n) is 4.30. The molecule has 2 aromatic heterocycles. The Morgan fingerprint density at radius 2 is 2.31 bits per heavy atom. The van der Waals surface area contributed by atoms with Crippen molar-refractivity contribution in [3.05, 3.63) is 24.9 Å². The predicted molar refractivity (Wildman–Crippen MR) is 50.1 cm³/mol. The van der Waals surface area contributed by atoms with Crippen molar-refractivity contribution in [1.82, 2.24) is 19.1 Å². The van der Waals surface area contributed by atoms with Crippen molar-refractivity contribution in [1.29, 1.82) is 0 Å². The van der Waals surface area contributed by atoms with E-state index in [0.717, 1.165) is 18.1 Å². The maximum absolute atomic E-state index is 4.29. The van der Waals surface area contributed by atoms with E-state index in [9.17, 15) is 0 Å². The fourth-order valence-corrected chi connectivity index (χ4v) is 1.37. The third-order valence-corrected chi connectivity index (χ3v) is 2.10. The molecular weight excluding hydrogens is 164 g/mol. The van der Waals surface area contributed by atoms with Crippen LogP contribution >= 0.6 is 0 Å². The topological polar surface area (TPSA) is 35.6 Å². The Bertz CT molecular complexity index is 399. The molecule has 0 aliphatic heterocycles. The molecule has 0 N–H and O–H groups in total. The lowest BCUT2D eigenvalue weighted by atomic mass is 10.4. The molecule has 2 rings (SSSR count). The molecule has 0 aliphatic rings. The van der Waals surface area contributed by atoms with Gasteiger partial charge in [-0.2, -0.15) is 0 Å². The quantitative estimate of drug-likeness (QED) is 0.691. The minimum atomic E-state index is 0.931. The third kappa shape index (κ3) is 1.24. The Hall–Kier alpha value is -1.58. The molecule has 0 amide bonds. The first-order valence-corrected chi connectivity index (χ1v) is 4.30. The van der Waals surface area contributed by atoms with Crippen molar-refractivity contribution >= 4 is 0 Å². The second-order valence-electron chi connectivity index (χ2n) is 2.93. The summed E-state index contributed by atoms with van der Waals surface area (Å²) < 4.78 is 4.06. The standard InChI is InChI=1S/C9H12N4/c1-3-13-5-4-11-9(13)8-6-10-7-12(8)2/h4-7H,3H2,1-2H3. The zero-order valence-electron chi connectivity index (χ0n) is 7.81. The summed E-state index contributed by atoms with van der Waals surface area (Å²) in [6, 6.07) is 0. The van der Waals surface area contributed by atoms with Crippen molar-refractivity contribution in [2.24, 2.45) is 7.05 Å². The highest BCUT2D eigenvalue weighted by atomic mass is 15.1. The Morgan fingerprint density at radius 1 is 1.46 bits per heavy atom.